The number of nitrogens with zero attached hydrogens (tertiary/aromatic N) is 1. The van der Waals surface area contributed by atoms with Crippen molar-refractivity contribution < 1.29 is 14.3 Å². The second-order valence-electron chi connectivity index (χ2n) is 6.72. The summed E-state index contributed by atoms with van der Waals surface area (Å²) in [7, 11) is 0. The van der Waals surface area contributed by atoms with E-state index < -0.39 is 17.3 Å². The average Bonchev–Trinajstić information content (AvgIpc) is 2.26. The van der Waals surface area contributed by atoms with Gasteiger partial charge in [0.05, 0.1) is 6.61 Å². The summed E-state index contributed by atoms with van der Waals surface area (Å²) < 4.78 is 5.11. The fourth-order valence-electron chi connectivity index (χ4n) is 2.59. The van der Waals surface area contributed by atoms with E-state index in [0.29, 0.717) is 19.1 Å². The summed E-state index contributed by atoms with van der Waals surface area (Å²) in [5, 5.41) is 0. The summed E-state index contributed by atoms with van der Waals surface area (Å²) in [4.78, 5) is 26.7. The van der Waals surface area contributed by atoms with Gasteiger partial charge >= 0.3 is 5.97 Å². The Morgan fingerprint density at radius 1 is 1.25 bits per heavy atom. The second kappa shape index (κ2) is 7.09. The molecule has 1 atom stereocenters. The van der Waals surface area contributed by atoms with Crippen molar-refractivity contribution in [1.29, 1.82) is 0 Å². The third kappa shape index (κ3) is 4.22. The molecule has 4 heteroatoms. The predicted molar refractivity (Wildman–Crippen MR) is 79.2 cm³/mol. The standard InChI is InChI=1S/C16H29NO3/c1-6-17(11-12-9-8-10-12)14(18)13(16(3,4)5)15(19)20-7-2/h12-13H,6-11H2,1-5H3. The molecule has 0 aliphatic heterocycles. The lowest BCUT2D eigenvalue weighted by Crippen LogP contribution is -2.47. The molecule has 1 amide bonds. The van der Waals surface area contributed by atoms with Gasteiger partial charge in [-0.3, -0.25) is 9.59 Å². The number of carbonyl (C=O) groups excluding carboxylic acids is 2. The smallest absolute Gasteiger partial charge is 0.319 e. The average molecular weight is 283 g/mol. The number of ether oxygens (including phenoxy) is 1. The van der Waals surface area contributed by atoms with Crippen molar-refractivity contribution in [2.75, 3.05) is 19.7 Å². The first-order chi connectivity index (χ1) is 9.31. The molecule has 0 heterocycles. The van der Waals surface area contributed by atoms with Gasteiger partial charge in [-0.05, 0) is 38.0 Å². The van der Waals surface area contributed by atoms with E-state index in [9.17, 15) is 9.59 Å². The number of hydrogen-bond donors (Lipinski definition) is 0. The van der Waals surface area contributed by atoms with Crippen LogP contribution in [0.1, 0.15) is 53.9 Å². The molecule has 1 aliphatic rings. The molecule has 0 aromatic carbocycles. The van der Waals surface area contributed by atoms with Crippen LogP contribution in [0.5, 0.6) is 0 Å². The van der Waals surface area contributed by atoms with E-state index >= 15 is 0 Å². The van der Waals surface area contributed by atoms with Gasteiger partial charge in [-0.1, -0.05) is 27.2 Å². The molecule has 0 N–H and O–H groups in total. The van der Waals surface area contributed by atoms with Gasteiger partial charge < -0.3 is 9.64 Å². The quantitative estimate of drug-likeness (QED) is 0.556. The second-order valence-corrected chi connectivity index (χ2v) is 6.72. The Kier molecular flexibility index (Phi) is 6.03. The number of hydrogen-bond acceptors (Lipinski definition) is 3. The van der Waals surface area contributed by atoms with Crippen LogP contribution in [0.2, 0.25) is 0 Å². The molecular weight excluding hydrogens is 254 g/mol. The lowest BCUT2D eigenvalue weighted by atomic mass is 9.79. The summed E-state index contributed by atoms with van der Waals surface area (Å²) in [6.45, 7) is 11.3. The first-order valence-corrected chi connectivity index (χ1v) is 7.76. The van der Waals surface area contributed by atoms with E-state index in [1.807, 2.05) is 32.6 Å². The normalized spacial score (nSPS) is 17.2. The maximum atomic E-state index is 12.7. The third-order valence-corrected chi connectivity index (χ3v) is 4.03. The van der Waals surface area contributed by atoms with Crippen LogP contribution < -0.4 is 0 Å². The molecule has 20 heavy (non-hydrogen) atoms. The van der Waals surface area contributed by atoms with E-state index in [1.54, 1.807) is 6.92 Å². The zero-order chi connectivity index (χ0) is 15.3. The fraction of sp³-hybridized carbons (Fsp3) is 0.875. The van der Waals surface area contributed by atoms with Gasteiger partial charge in [0, 0.05) is 13.1 Å². The third-order valence-electron chi connectivity index (χ3n) is 4.03. The minimum absolute atomic E-state index is 0.0784. The molecule has 1 unspecified atom stereocenters. The van der Waals surface area contributed by atoms with Crippen molar-refractivity contribution in [2.45, 2.75) is 53.9 Å². The van der Waals surface area contributed by atoms with Crippen molar-refractivity contribution >= 4 is 11.9 Å². The Morgan fingerprint density at radius 3 is 2.20 bits per heavy atom. The maximum Gasteiger partial charge on any atom is 0.319 e. The summed E-state index contributed by atoms with van der Waals surface area (Å²) in [6.07, 6.45) is 3.66. The highest BCUT2D eigenvalue weighted by Gasteiger charge is 2.41. The molecule has 1 fully saturated rings. The molecule has 0 bridgehead atoms. The molecule has 116 valence electrons. The van der Waals surface area contributed by atoms with E-state index in [-0.39, 0.29) is 5.91 Å². The summed E-state index contributed by atoms with van der Waals surface area (Å²) in [5.41, 5.74) is -0.420. The Hall–Kier alpha value is -1.06. The largest absolute Gasteiger partial charge is 0.465 e. The van der Waals surface area contributed by atoms with E-state index in [4.69, 9.17) is 4.74 Å². The van der Waals surface area contributed by atoms with Crippen LogP contribution in [0.4, 0.5) is 0 Å². The Bertz CT molecular complexity index is 342. The van der Waals surface area contributed by atoms with Gasteiger partial charge in [0.15, 0.2) is 0 Å². The lowest BCUT2D eigenvalue weighted by Gasteiger charge is -2.36. The van der Waals surface area contributed by atoms with E-state index in [1.165, 1.54) is 19.3 Å². The van der Waals surface area contributed by atoms with Crippen LogP contribution in [0.15, 0.2) is 0 Å². The van der Waals surface area contributed by atoms with Gasteiger partial charge in [0.1, 0.15) is 5.92 Å². The number of amides is 1. The predicted octanol–water partition coefficient (Wildman–Crippen LogP) is 2.86. The maximum absolute atomic E-state index is 12.7. The van der Waals surface area contributed by atoms with Gasteiger partial charge in [0.25, 0.3) is 0 Å². The van der Waals surface area contributed by atoms with Crippen LogP contribution in [-0.2, 0) is 14.3 Å². The molecule has 1 aliphatic carbocycles. The molecular formula is C16H29NO3. The van der Waals surface area contributed by atoms with Crippen molar-refractivity contribution in [2.24, 2.45) is 17.3 Å². The molecule has 1 rings (SSSR count). The van der Waals surface area contributed by atoms with Crippen molar-refractivity contribution in [3.63, 3.8) is 0 Å². The van der Waals surface area contributed by atoms with Crippen LogP contribution in [0, 0.1) is 17.3 Å². The van der Waals surface area contributed by atoms with Crippen LogP contribution in [0.25, 0.3) is 0 Å². The summed E-state index contributed by atoms with van der Waals surface area (Å²) in [5.74, 6) is -0.563. The Balaban J connectivity index is 2.81. The lowest BCUT2D eigenvalue weighted by molar-refractivity contribution is -0.160. The highest BCUT2D eigenvalue weighted by atomic mass is 16.5. The molecule has 4 nitrogen and oxygen atoms in total. The fourth-order valence-corrected chi connectivity index (χ4v) is 2.59. The number of carbonyl (C=O) groups is 2. The molecule has 0 spiro atoms. The minimum Gasteiger partial charge on any atom is -0.465 e. The highest BCUT2D eigenvalue weighted by Crippen LogP contribution is 2.31. The van der Waals surface area contributed by atoms with Crippen LogP contribution >= 0.6 is 0 Å². The van der Waals surface area contributed by atoms with Gasteiger partial charge in [0.2, 0.25) is 5.91 Å². The monoisotopic (exact) mass is 283 g/mol. The number of rotatable bonds is 6. The van der Waals surface area contributed by atoms with Gasteiger partial charge in [-0.25, -0.2) is 0 Å². The molecule has 0 saturated heterocycles. The summed E-state index contributed by atoms with van der Waals surface area (Å²) >= 11 is 0. The van der Waals surface area contributed by atoms with Crippen LogP contribution in [-0.4, -0.2) is 36.5 Å². The topological polar surface area (TPSA) is 46.6 Å². The SMILES string of the molecule is CCOC(=O)C(C(=O)N(CC)CC1CCC1)C(C)(C)C. The zero-order valence-corrected chi connectivity index (χ0v) is 13.6. The first kappa shape index (κ1) is 17.0. The summed E-state index contributed by atoms with van der Waals surface area (Å²) in [6, 6.07) is 0. The van der Waals surface area contributed by atoms with E-state index in [2.05, 4.69) is 0 Å². The van der Waals surface area contributed by atoms with Gasteiger partial charge in [-0.2, -0.15) is 0 Å². The van der Waals surface area contributed by atoms with Crippen LogP contribution in [0.3, 0.4) is 0 Å². The molecule has 0 aromatic rings. The molecule has 0 radical (unpaired) electrons. The Morgan fingerprint density at radius 2 is 1.85 bits per heavy atom. The van der Waals surface area contributed by atoms with Crippen molar-refractivity contribution in [3.8, 4) is 0 Å². The van der Waals surface area contributed by atoms with E-state index in [0.717, 1.165) is 6.54 Å². The zero-order valence-electron chi connectivity index (χ0n) is 13.6. The highest BCUT2D eigenvalue weighted by molar-refractivity contribution is 5.98. The molecule has 1 saturated carbocycles. The van der Waals surface area contributed by atoms with Crippen molar-refractivity contribution in [1.82, 2.24) is 4.90 Å². The number of esters is 1. The molecule has 0 aromatic heterocycles. The minimum atomic E-state index is -0.706. The Labute approximate surface area is 122 Å². The first-order valence-electron chi connectivity index (χ1n) is 7.76. The van der Waals surface area contributed by atoms with Crippen molar-refractivity contribution in [3.05, 3.63) is 0 Å². The van der Waals surface area contributed by atoms with Gasteiger partial charge in [-0.15, -0.1) is 0 Å².